The standard InChI is InChI=1S/C14H16N2O4S/c1-9-3-5-10(6-4-9)11-12(17)15-14(19)16(13(11)18)7-8-21(2)20/h3-6,18H,7-8H2,1-2H3,(H,15,17,19). The minimum atomic E-state index is -1.10. The van der Waals surface area contributed by atoms with Gasteiger partial charge in [0.2, 0.25) is 5.88 Å². The van der Waals surface area contributed by atoms with Gasteiger partial charge in [-0.05, 0) is 12.5 Å². The molecule has 0 saturated heterocycles. The fraction of sp³-hybridized carbons (Fsp3) is 0.286. The SMILES string of the molecule is Cc1ccc(-c2c(O)n(CCS(C)=O)c(=O)[nH]c2=O)cc1. The van der Waals surface area contributed by atoms with E-state index in [1.807, 2.05) is 19.1 Å². The lowest BCUT2D eigenvalue weighted by Crippen LogP contribution is -2.32. The van der Waals surface area contributed by atoms with Crippen LogP contribution in [0.25, 0.3) is 11.1 Å². The lowest BCUT2D eigenvalue weighted by atomic mass is 10.1. The van der Waals surface area contributed by atoms with Crippen molar-refractivity contribution in [3.63, 3.8) is 0 Å². The Labute approximate surface area is 123 Å². The number of rotatable bonds is 4. The van der Waals surface area contributed by atoms with Gasteiger partial charge in [-0.25, -0.2) is 4.79 Å². The monoisotopic (exact) mass is 308 g/mol. The van der Waals surface area contributed by atoms with Gasteiger partial charge in [-0.3, -0.25) is 18.6 Å². The van der Waals surface area contributed by atoms with Crippen molar-refractivity contribution in [2.45, 2.75) is 13.5 Å². The minimum absolute atomic E-state index is 0.0384. The Bertz CT molecular complexity index is 790. The highest BCUT2D eigenvalue weighted by atomic mass is 32.2. The molecule has 1 aromatic heterocycles. The van der Waals surface area contributed by atoms with Gasteiger partial charge < -0.3 is 5.11 Å². The van der Waals surface area contributed by atoms with Crippen molar-refractivity contribution in [3.05, 3.63) is 50.7 Å². The van der Waals surface area contributed by atoms with E-state index < -0.39 is 27.9 Å². The lowest BCUT2D eigenvalue weighted by molar-refractivity contribution is 0.409. The van der Waals surface area contributed by atoms with Crippen molar-refractivity contribution in [2.75, 3.05) is 12.0 Å². The molecule has 2 N–H and O–H groups in total. The molecule has 7 heteroatoms. The van der Waals surface area contributed by atoms with Crippen LogP contribution in [0.4, 0.5) is 0 Å². The summed E-state index contributed by atoms with van der Waals surface area (Å²) in [5, 5.41) is 10.2. The second-order valence-corrected chi connectivity index (χ2v) is 6.31. The Morgan fingerprint density at radius 1 is 1.24 bits per heavy atom. The van der Waals surface area contributed by atoms with Gasteiger partial charge in [-0.1, -0.05) is 29.8 Å². The zero-order valence-corrected chi connectivity index (χ0v) is 12.6. The average molecular weight is 308 g/mol. The molecule has 6 nitrogen and oxygen atoms in total. The molecule has 1 atom stereocenters. The molecule has 0 radical (unpaired) electrons. The number of aryl methyl sites for hydroxylation is 1. The van der Waals surface area contributed by atoms with E-state index in [0.717, 1.165) is 10.1 Å². The van der Waals surface area contributed by atoms with E-state index in [9.17, 15) is 18.9 Å². The fourth-order valence-corrected chi connectivity index (χ4v) is 2.41. The molecule has 0 aliphatic rings. The Balaban J connectivity index is 2.58. The number of aromatic amines is 1. The summed E-state index contributed by atoms with van der Waals surface area (Å²) in [6.07, 6.45) is 1.51. The van der Waals surface area contributed by atoms with Gasteiger partial charge in [0.15, 0.2) is 0 Å². The summed E-state index contributed by atoms with van der Waals surface area (Å²) in [4.78, 5) is 25.9. The van der Waals surface area contributed by atoms with Crippen molar-refractivity contribution in [1.29, 1.82) is 0 Å². The van der Waals surface area contributed by atoms with E-state index in [1.165, 1.54) is 6.26 Å². The summed E-state index contributed by atoms with van der Waals surface area (Å²) >= 11 is 0. The first-order valence-corrected chi connectivity index (χ1v) is 8.06. The number of hydrogen-bond donors (Lipinski definition) is 2. The van der Waals surface area contributed by atoms with E-state index in [2.05, 4.69) is 4.98 Å². The van der Waals surface area contributed by atoms with Crippen molar-refractivity contribution in [1.82, 2.24) is 9.55 Å². The molecule has 0 amide bonds. The van der Waals surface area contributed by atoms with Crippen LogP contribution in [-0.2, 0) is 17.3 Å². The molecule has 0 bridgehead atoms. The molecule has 21 heavy (non-hydrogen) atoms. The topological polar surface area (TPSA) is 92.2 Å². The smallest absolute Gasteiger partial charge is 0.331 e. The summed E-state index contributed by atoms with van der Waals surface area (Å²) in [6.45, 7) is 1.98. The summed E-state index contributed by atoms with van der Waals surface area (Å²) in [5.41, 5.74) is 0.223. The van der Waals surface area contributed by atoms with Gasteiger partial charge in [-0.2, -0.15) is 0 Å². The molecule has 0 aliphatic heterocycles. The maximum atomic E-state index is 11.9. The number of aromatic nitrogens is 2. The first-order chi connectivity index (χ1) is 9.90. The van der Waals surface area contributed by atoms with Crippen molar-refractivity contribution in [2.24, 2.45) is 0 Å². The van der Waals surface area contributed by atoms with E-state index in [0.29, 0.717) is 5.56 Å². The summed E-state index contributed by atoms with van der Waals surface area (Å²) in [7, 11) is -1.10. The molecule has 0 saturated carbocycles. The second-order valence-electron chi connectivity index (χ2n) is 4.75. The molecular weight excluding hydrogens is 292 g/mol. The van der Waals surface area contributed by atoms with E-state index in [4.69, 9.17) is 0 Å². The molecule has 0 fully saturated rings. The van der Waals surface area contributed by atoms with Crippen LogP contribution in [0, 0.1) is 6.92 Å². The Kier molecular flexibility index (Phi) is 4.42. The predicted molar refractivity (Wildman–Crippen MR) is 82.1 cm³/mol. The van der Waals surface area contributed by atoms with Gasteiger partial charge >= 0.3 is 5.69 Å². The van der Waals surface area contributed by atoms with Crippen LogP contribution in [0.3, 0.4) is 0 Å². The number of nitrogens with one attached hydrogen (secondary N) is 1. The van der Waals surface area contributed by atoms with Crippen LogP contribution in [0.15, 0.2) is 33.9 Å². The van der Waals surface area contributed by atoms with Crippen LogP contribution in [0.5, 0.6) is 5.88 Å². The van der Waals surface area contributed by atoms with Crippen LogP contribution in [0.1, 0.15) is 5.56 Å². The number of H-pyrrole nitrogens is 1. The zero-order chi connectivity index (χ0) is 15.6. The van der Waals surface area contributed by atoms with Crippen molar-refractivity contribution < 1.29 is 9.32 Å². The first kappa shape index (κ1) is 15.2. The molecule has 1 aromatic carbocycles. The first-order valence-electron chi connectivity index (χ1n) is 6.33. The van der Waals surface area contributed by atoms with Crippen LogP contribution < -0.4 is 11.2 Å². The van der Waals surface area contributed by atoms with E-state index in [-0.39, 0.29) is 17.9 Å². The fourth-order valence-electron chi connectivity index (χ4n) is 1.97. The highest BCUT2D eigenvalue weighted by Crippen LogP contribution is 2.24. The van der Waals surface area contributed by atoms with Crippen LogP contribution >= 0.6 is 0 Å². The normalized spacial score (nSPS) is 12.3. The highest BCUT2D eigenvalue weighted by molar-refractivity contribution is 7.84. The Hall–Kier alpha value is -2.15. The highest BCUT2D eigenvalue weighted by Gasteiger charge is 2.15. The summed E-state index contributed by atoms with van der Waals surface area (Å²) < 4.78 is 12.2. The molecule has 0 spiro atoms. The number of benzene rings is 1. The van der Waals surface area contributed by atoms with Gasteiger partial charge in [-0.15, -0.1) is 0 Å². The quantitative estimate of drug-likeness (QED) is 0.865. The maximum Gasteiger partial charge on any atom is 0.331 e. The zero-order valence-electron chi connectivity index (χ0n) is 11.8. The van der Waals surface area contributed by atoms with Gasteiger partial charge in [0, 0.05) is 29.4 Å². The molecular formula is C14H16N2O4S. The third-order valence-corrected chi connectivity index (χ3v) is 3.87. The number of aromatic hydroxyl groups is 1. The number of nitrogens with zero attached hydrogens (tertiary/aromatic N) is 1. The second kappa shape index (κ2) is 6.09. The molecule has 112 valence electrons. The van der Waals surface area contributed by atoms with E-state index in [1.54, 1.807) is 12.1 Å². The van der Waals surface area contributed by atoms with E-state index >= 15 is 0 Å². The molecule has 1 heterocycles. The van der Waals surface area contributed by atoms with Gasteiger partial charge in [0.05, 0.1) is 0 Å². The molecule has 0 aliphatic carbocycles. The molecule has 1 unspecified atom stereocenters. The third kappa shape index (κ3) is 3.30. The van der Waals surface area contributed by atoms with Gasteiger partial charge in [0.25, 0.3) is 5.56 Å². The predicted octanol–water partition coefficient (Wildman–Crippen LogP) is 0.596. The Morgan fingerprint density at radius 2 is 1.86 bits per heavy atom. The Morgan fingerprint density at radius 3 is 2.43 bits per heavy atom. The van der Waals surface area contributed by atoms with Crippen LogP contribution in [0.2, 0.25) is 0 Å². The van der Waals surface area contributed by atoms with Gasteiger partial charge in [0.1, 0.15) is 5.56 Å². The minimum Gasteiger partial charge on any atom is -0.494 e. The van der Waals surface area contributed by atoms with Crippen molar-refractivity contribution in [3.8, 4) is 17.0 Å². The van der Waals surface area contributed by atoms with Crippen molar-refractivity contribution >= 4 is 10.8 Å². The largest absolute Gasteiger partial charge is 0.494 e. The molecule has 2 aromatic rings. The third-order valence-electron chi connectivity index (χ3n) is 3.11. The molecule has 2 rings (SSSR count). The average Bonchev–Trinajstić information content (AvgIpc) is 2.40. The maximum absolute atomic E-state index is 11.9. The number of hydrogen-bond acceptors (Lipinski definition) is 4. The summed E-state index contributed by atoms with van der Waals surface area (Å²) in [6, 6.07) is 7.02. The lowest BCUT2D eigenvalue weighted by Gasteiger charge is -2.11. The van der Waals surface area contributed by atoms with Crippen LogP contribution in [-0.4, -0.2) is 30.9 Å². The summed E-state index contributed by atoms with van der Waals surface area (Å²) in [5.74, 6) is -0.189.